The molecule has 3 nitrogen and oxygen atoms in total. The van der Waals surface area contributed by atoms with Crippen molar-refractivity contribution in [3.63, 3.8) is 0 Å². The van der Waals surface area contributed by atoms with Crippen molar-refractivity contribution < 1.29 is 13.2 Å². The molecule has 0 fully saturated rings. The van der Waals surface area contributed by atoms with E-state index < -0.39 is 11.1 Å². The Morgan fingerprint density at radius 2 is 1.91 bits per heavy atom. The number of hydrogen-bond donors (Lipinski definition) is 1. The van der Waals surface area contributed by atoms with Crippen LogP contribution in [0.2, 0.25) is 10.0 Å². The van der Waals surface area contributed by atoms with E-state index in [9.17, 15) is 13.2 Å². The van der Waals surface area contributed by atoms with Gasteiger partial charge >= 0.3 is 6.18 Å². The maximum Gasteiger partial charge on any atom is 0.425 e. The standard InChI is InChI=1S/C14H8Cl2F3N3S/c15-9-2-1-7(3-10(9)16)5-20-13-21-6-8-4-11(14(17,18)19)23-12(8)22-13/h1-4,6H,5H2,(H,20,21,22). The summed E-state index contributed by atoms with van der Waals surface area (Å²) in [5, 5.41) is 4.19. The van der Waals surface area contributed by atoms with Crippen LogP contribution in [0, 0.1) is 0 Å². The predicted molar refractivity (Wildman–Crippen MR) is 86.2 cm³/mol. The highest BCUT2D eigenvalue weighted by molar-refractivity contribution is 7.18. The molecule has 0 atom stereocenters. The molecule has 23 heavy (non-hydrogen) atoms. The topological polar surface area (TPSA) is 37.8 Å². The number of alkyl halides is 3. The van der Waals surface area contributed by atoms with Crippen molar-refractivity contribution in [1.82, 2.24) is 9.97 Å². The molecule has 2 aromatic heterocycles. The van der Waals surface area contributed by atoms with E-state index in [0.29, 0.717) is 33.3 Å². The van der Waals surface area contributed by atoms with Crippen LogP contribution in [0.25, 0.3) is 10.2 Å². The lowest BCUT2D eigenvalue weighted by Crippen LogP contribution is -2.03. The number of benzene rings is 1. The largest absolute Gasteiger partial charge is 0.425 e. The van der Waals surface area contributed by atoms with Gasteiger partial charge in [-0.05, 0) is 23.8 Å². The molecule has 0 saturated carbocycles. The van der Waals surface area contributed by atoms with E-state index in [2.05, 4.69) is 15.3 Å². The third kappa shape index (κ3) is 3.68. The maximum atomic E-state index is 12.7. The average Bonchev–Trinajstić information content (AvgIpc) is 2.92. The van der Waals surface area contributed by atoms with Gasteiger partial charge < -0.3 is 5.32 Å². The molecular formula is C14H8Cl2F3N3S. The smallest absolute Gasteiger partial charge is 0.350 e. The zero-order chi connectivity index (χ0) is 16.6. The van der Waals surface area contributed by atoms with E-state index in [1.807, 2.05) is 0 Å². The summed E-state index contributed by atoms with van der Waals surface area (Å²) < 4.78 is 38.1. The Bertz CT molecular complexity index is 864. The van der Waals surface area contributed by atoms with Gasteiger partial charge in [-0.1, -0.05) is 29.3 Å². The molecule has 3 aromatic rings. The number of halogens is 5. The van der Waals surface area contributed by atoms with Crippen LogP contribution in [-0.4, -0.2) is 9.97 Å². The van der Waals surface area contributed by atoms with Crippen LogP contribution in [0.4, 0.5) is 19.1 Å². The predicted octanol–water partition coefficient (Wildman–Crippen LogP) is 5.63. The fourth-order valence-corrected chi connectivity index (χ4v) is 3.08. The Morgan fingerprint density at radius 1 is 1.13 bits per heavy atom. The van der Waals surface area contributed by atoms with E-state index in [0.717, 1.165) is 11.6 Å². The van der Waals surface area contributed by atoms with E-state index in [4.69, 9.17) is 23.2 Å². The molecule has 9 heteroatoms. The first-order chi connectivity index (χ1) is 10.8. The highest BCUT2D eigenvalue weighted by atomic mass is 35.5. The molecule has 1 aromatic carbocycles. The van der Waals surface area contributed by atoms with Crippen molar-refractivity contribution in [3.05, 3.63) is 50.9 Å². The minimum Gasteiger partial charge on any atom is -0.350 e. The van der Waals surface area contributed by atoms with Crippen LogP contribution < -0.4 is 5.32 Å². The molecule has 0 spiro atoms. The number of aromatic nitrogens is 2. The Morgan fingerprint density at radius 3 is 2.61 bits per heavy atom. The van der Waals surface area contributed by atoms with Crippen molar-refractivity contribution >= 4 is 50.7 Å². The monoisotopic (exact) mass is 377 g/mol. The first-order valence-electron chi connectivity index (χ1n) is 6.34. The number of fused-ring (bicyclic) bond motifs is 1. The van der Waals surface area contributed by atoms with Crippen molar-refractivity contribution in [1.29, 1.82) is 0 Å². The Balaban J connectivity index is 1.79. The summed E-state index contributed by atoms with van der Waals surface area (Å²) in [6, 6.07) is 6.19. The third-order valence-corrected chi connectivity index (χ3v) is 4.82. The van der Waals surface area contributed by atoms with Crippen LogP contribution in [-0.2, 0) is 12.7 Å². The van der Waals surface area contributed by atoms with Crippen LogP contribution in [0.15, 0.2) is 30.5 Å². The molecule has 1 N–H and O–H groups in total. The molecule has 2 heterocycles. The maximum absolute atomic E-state index is 12.7. The summed E-state index contributed by atoms with van der Waals surface area (Å²) in [4.78, 5) is 7.71. The lowest BCUT2D eigenvalue weighted by atomic mass is 10.2. The summed E-state index contributed by atoms with van der Waals surface area (Å²) in [5.41, 5.74) is 0.852. The average molecular weight is 378 g/mol. The second-order valence-corrected chi connectivity index (χ2v) is 6.51. The molecule has 0 aliphatic rings. The fourth-order valence-electron chi connectivity index (χ4n) is 1.89. The highest BCUT2D eigenvalue weighted by Crippen LogP contribution is 2.37. The van der Waals surface area contributed by atoms with Gasteiger partial charge in [0.1, 0.15) is 9.71 Å². The van der Waals surface area contributed by atoms with Gasteiger partial charge in [0.15, 0.2) is 0 Å². The Hall–Kier alpha value is -1.57. The van der Waals surface area contributed by atoms with Gasteiger partial charge in [-0.25, -0.2) is 9.97 Å². The quantitative estimate of drug-likeness (QED) is 0.642. The van der Waals surface area contributed by atoms with Crippen LogP contribution in [0.5, 0.6) is 0 Å². The summed E-state index contributed by atoms with van der Waals surface area (Å²) in [6.45, 7) is 0.375. The molecule has 0 radical (unpaired) electrons. The van der Waals surface area contributed by atoms with E-state index >= 15 is 0 Å². The first-order valence-corrected chi connectivity index (χ1v) is 7.92. The summed E-state index contributed by atoms with van der Waals surface area (Å²) in [7, 11) is 0. The van der Waals surface area contributed by atoms with E-state index in [1.165, 1.54) is 6.20 Å². The van der Waals surface area contributed by atoms with Crippen LogP contribution in [0.1, 0.15) is 10.4 Å². The fraction of sp³-hybridized carbons (Fsp3) is 0.143. The van der Waals surface area contributed by atoms with Gasteiger partial charge in [-0.15, -0.1) is 11.3 Å². The second kappa shape index (κ2) is 6.14. The molecule has 3 rings (SSSR count). The minimum absolute atomic E-state index is 0.249. The molecule has 0 aliphatic heterocycles. The van der Waals surface area contributed by atoms with Gasteiger partial charge in [-0.2, -0.15) is 13.2 Å². The minimum atomic E-state index is -4.38. The first kappa shape index (κ1) is 16.3. The van der Waals surface area contributed by atoms with Gasteiger partial charge in [0, 0.05) is 18.1 Å². The summed E-state index contributed by atoms with van der Waals surface area (Å²) in [6.07, 6.45) is -3.01. The molecule has 0 saturated heterocycles. The highest BCUT2D eigenvalue weighted by Gasteiger charge is 2.33. The SMILES string of the molecule is FC(F)(F)c1cc2cnc(NCc3ccc(Cl)c(Cl)c3)nc2s1. The number of thiophene rings is 1. The lowest BCUT2D eigenvalue weighted by Gasteiger charge is -2.05. The molecular weight excluding hydrogens is 370 g/mol. The zero-order valence-electron chi connectivity index (χ0n) is 11.3. The van der Waals surface area contributed by atoms with Gasteiger partial charge in [0.05, 0.1) is 10.0 Å². The molecule has 120 valence electrons. The lowest BCUT2D eigenvalue weighted by molar-refractivity contribution is -0.134. The van der Waals surface area contributed by atoms with E-state index in [-0.39, 0.29) is 10.8 Å². The normalized spacial score (nSPS) is 11.9. The summed E-state index contributed by atoms with van der Waals surface area (Å²) >= 11 is 12.3. The van der Waals surface area contributed by atoms with Crippen molar-refractivity contribution in [2.45, 2.75) is 12.7 Å². The Kier molecular flexibility index (Phi) is 4.35. The number of hydrogen-bond acceptors (Lipinski definition) is 4. The van der Waals surface area contributed by atoms with Crippen molar-refractivity contribution in [2.24, 2.45) is 0 Å². The third-order valence-electron chi connectivity index (χ3n) is 2.99. The van der Waals surface area contributed by atoms with Gasteiger partial charge in [0.25, 0.3) is 0 Å². The number of rotatable bonds is 3. The van der Waals surface area contributed by atoms with Crippen LogP contribution in [0.3, 0.4) is 0 Å². The molecule has 0 aliphatic carbocycles. The van der Waals surface area contributed by atoms with Crippen molar-refractivity contribution in [2.75, 3.05) is 5.32 Å². The number of anilines is 1. The molecule has 0 bridgehead atoms. The summed E-state index contributed by atoms with van der Waals surface area (Å²) in [5.74, 6) is 0.249. The van der Waals surface area contributed by atoms with Gasteiger partial charge in [-0.3, -0.25) is 0 Å². The molecule has 0 amide bonds. The molecule has 0 unspecified atom stereocenters. The van der Waals surface area contributed by atoms with Crippen molar-refractivity contribution in [3.8, 4) is 0 Å². The van der Waals surface area contributed by atoms with Gasteiger partial charge in [0.2, 0.25) is 5.95 Å². The zero-order valence-corrected chi connectivity index (χ0v) is 13.6. The number of nitrogens with zero attached hydrogens (tertiary/aromatic N) is 2. The van der Waals surface area contributed by atoms with E-state index in [1.54, 1.807) is 18.2 Å². The Labute approximate surface area is 143 Å². The van der Waals surface area contributed by atoms with Crippen LogP contribution >= 0.6 is 34.5 Å². The number of nitrogens with one attached hydrogen (secondary N) is 1. The second-order valence-electron chi connectivity index (χ2n) is 4.66.